The lowest BCUT2D eigenvalue weighted by Gasteiger charge is -2.10. The molecule has 174 valence electrons. The maximum absolute atomic E-state index is 13.9. The third kappa shape index (κ3) is 4.01. The zero-order valence-corrected chi connectivity index (χ0v) is 19.8. The van der Waals surface area contributed by atoms with Gasteiger partial charge in [-0.1, -0.05) is 78.4 Å². The molecule has 2 aromatic heterocycles. The summed E-state index contributed by atoms with van der Waals surface area (Å²) in [5.41, 5.74) is 5.11. The Bertz CT molecular complexity index is 1600. The summed E-state index contributed by atoms with van der Waals surface area (Å²) >= 11 is 0. The van der Waals surface area contributed by atoms with E-state index in [1.807, 2.05) is 92.7 Å². The lowest BCUT2D eigenvalue weighted by atomic mass is 10.1. The Morgan fingerprint density at radius 2 is 1.57 bits per heavy atom. The zero-order valence-electron chi connectivity index (χ0n) is 19.8. The van der Waals surface area contributed by atoms with Crippen LogP contribution in [0.2, 0.25) is 0 Å². The third-order valence-electron chi connectivity index (χ3n) is 6.06. The normalized spacial score (nSPS) is 11.1. The second kappa shape index (κ2) is 9.02. The van der Waals surface area contributed by atoms with Crippen molar-refractivity contribution in [3.63, 3.8) is 0 Å². The average Bonchev–Trinajstić information content (AvgIpc) is 3.15. The molecule has 0 unspecified atom stereocenters. The number of nitrogens with one attached hydrogen (secondary N) is 1. The number of hydrogen-bond acceptors (Lipinski definition) is 4. The minimum absolute atomic E-state index is 0.161. The Morgan fingerprint density at radius 3 is 2.26 bits per heavy atom. The summed E-state index contributed by atoms with van der Waals surface area (Å²) in [7, 11) is 1.56. The highest BCUT2D eigenvalue weighted by molar-refractivity contribution is 6.03. The van der Waals surface area contributed by atoms with Crippen molar-refractivity contribution in [2.45, 2.75) is 20.4 Å². The molecule has 7 heteroatoms. The number of carbonyl (C=O) groups excluding carboxylic acids is 1. The molecule has 0 spiro atoms. The molecule has 0 aliphatic carbocycles. The Kier molecular flexibility index (Phi) is 5.74. The molecule has 0 saturated heterocycles. The molecule has 0 atom stereocenters. The molecule has 0 aliphatic heterocycles. The maximum atomic E-state index is 13.9. The van der Waals surface area contributed by atoms with Gasteiger partial charge in [-0.15, -0.1) is 0 Å². The first-order valence-corrected chi connectivity index (χ1v) is 11.4. The summed E-state index contributed by atoms with van der Waals surface area (Å²) in [6.45, 7) is 4.24. The molecule has 5 rings (SSSR count). The number of amides is 1. The van der Waals surface area contributed by atoms with Crippen molar-refractivity contribution in [1.29, 1.82) is 0 Å². The fourth-order valence-electron chi connectivity index (χ4n) is 4.21. The van der Waals surface area contributed by atoms with Crippen molar-refractivity contribution in [2.75, 3.05) is 7.05 Å². The number of hydrogen-bond donors (Lipinski definition) is 1. The van der Waals surface area contributed by atoms with Crippen LogP contribution >= 0.6 is 0 Å². The quantitative estimate of drug-likeness (QED) is 0.422. The van der Waals surface area contributed by atoms with Crippen LogP contribution in [-0.2, 0) is 6.54 Å². The van der Waals surface area contributed by atoms with E-state index in [1.165, 1.54) is 0 Å². The van der Waals surface area contributed by atoms with E-state index in [2.05, 4.69) is 10.3 Å². The molecule has 3 aromatic carbocycles. The SMILES string of the molecule is CNC(=O)c1nc(-c2ccc(C)cc2)nc2c1n(Cc1ccccc1)c(=O)n2-c1ccccc1C. The number of carbonyl (C=O) groups is 1. The first-order chi connectivity index (χ1) is 17.0. The van der Waals surface area contributed by atoms with Gasteiger partial charge in [-0.3, -0.25) is 9.36 Å². The Morgan fingerprint density at radius 1 is 0.886 bits per heavy atom. The number of rotatable bonds is 5. The molecule has 0 bridgehead atoms. The predicted molar refractivity (Wildman–Crippen MR) is 137 cm³/mol. The van der Waals surface area contributed by atoms with Gasteiger partial charge < -0.3 is 5.32 Å². The van der Waals surface area contributed by atoms with Crippen molar-refractivity contribution in [2.24, 2.45) is 0 Å². The number of aryl methyl sites for hydroxylation is 2. The van der Waals surface area contributed by atoms with Crippen LogP contribution in [0.3, 0.4) is 0 Å². The molecule has 1 amide bonds. The van der Waals surface area contributed by atoms with E-state index in [-0.39, 0.29) is 23.8 Å². The highest BCUT2D eigenvalue weighted by Gasteiger charge is 2.25. The van der Waals surface area contributed by atoms with E-state index in [9.17, 15) is 9.59 Å². The molecular weight excluding hydrogens is 438 g/mol. The van der Waals surface area contributed by atoms with Gasteiger partial charge in [-0.2, -0.15) is 0 Å². The first-order valence-electron chi connectivity index (χ1n) is 11.4. The molecule has 1 N–H and O–H groups in total. The van der Waals surface area contributed by atoms with Gasteiger partial charge in [-0.25, -0.2) is 19.3 Å². The standard InChI is InChI=1S/C28H25N5O2/c1-18-13-15-21(16-14-18)25-30-23(27(34)29-3)24-26(31-25)33(22-12-8-7-9-19(22)2)28(35)32(24)17-20-10-5-4-6-11-20/h4-16H,17H2,1-3H3,(H,29,34). The number of imidazole rings is 1. The van der Waals surface area contributed by atoms with Crippen molar-refractivity contribution in [3.05, 3.63) is 112 Å². The van der Waals surface area contributed by atoms with Crippen LogP contribution in [0.5, 0.6) is 0 Å². The van der Waals surface area contributed by atoms with Gasteiger partial charge in [0.25, 0.3) is 5.91 Å². The molecule has 0 saturated carbocycles. The molecule has 0 aliphatic rings. The molecule has 2 heterocycles. The molecule has 7 nitrogen and oxygen atoms in total. The molecule has 5 aromatic rings. The van der Waals surface area contributed by atoms with Crippen LogP contribution in [0.1, 0.15) is 27.2 Å². The van der Waals surface area contributed by atoms with Gasteiger partial charge >= 0.3 is 5.69 Å². The van der Waals surface area contributed by atoms with Crippen LogP contribution < -0.4 is 11.0 Å². The van der Waals surface area contributed by atoms with Crippen LogP contribution in [0.25, 0.3) is 28.2 Å². The van der Waals surface area contributed by atoms with E-state index < -0.39 is 0 Å². The second-order valence-electron chi connectivity index (χ2n) is 8.49. The van der Waals surface area contributed by atoms with Crippen molar-refractivity contribution < 1.29 is 4.79 Å². The Hall–Kier alpha value is -4.52. The Balaban J connectivity index is 1.89. The van der Waals surface area contributed by atoms with Gasteiger partial charge in [-0.05, 0) is 31.0 Å². The third-order valence-corrected chi connectivity index (χ3v) is 6.06. The second-order valence-corrected chi connectivity index (χ2v) is 8.49. The molecular formula is C28H25N5O2. The average molecular weight is 464 g/mol. The lowest BCUT2D eigenvalue weighted by Crippen LogP contribution is -2.25. The molecule has 0 radical (unpaired) electrons. The van der Waals surface area contributed by atoms with Crippen LogP contribution in [0.4, 0.5) is 0 Å². The van der Waals surface area contributed by atoms with Crippen LogP contribution in [-0.4, -0.2) is 32.1 Å². The number of benzene rings is 3. The predicted octanol–water partition coefficient (Wildman–Crippen LogP) is 4.27. The summed E-state index contributed by atoms with van der Waals surface area (Å²) in [4.78, 5) is 36.5. The Labute approximate surface area is 202 Å². The van der Waals surface area contributed by atoms with Crippen molar-refractivity contribution >= 4 is 17.1 Å². The van der Waals surface area contributed by atoms with E-state index >= 15 is 0 Å². The monoisotopic (exact) mass is 463 g/mol. The fourth-order valence-corrected chi connectivity index (χ4v) is 4.21. The summed E-state index contributed by atoms with van der Waals surface area (Å²) < 4.78 is 3.17. The zero-order chi connectivity index (χ0) is 24.5. The summed E-state index contributed by atoms with van der Waals surface area (Å²) in [5.74, 6) is 0.00445. The molecule has 35 heavy (non-hydrogen) atoms. The summed E-state index contributed by atoms with van der Waals surface area (Å²) in [6, 6.07) is 25.1. The largest absolute Gasteiger partial charge is 0.354 e. The van der Waals surface area contributed by atoms with Gasteiger partial charge in [0, 0.05) is 12.6 Å². The number of aromatic nitrogens is 4. The summed E-state index contributed by atoms with van der Waals surface area (Å²) in [5, 5.41) is 2.68. The van der Waals surface area contributed by atoms with Gasteiger partial charge in [0.1, 0.15) is 5.52 Å². The highest BCUT2D eigenvalue weighted by atomic mass is 16.2. The minimum atomic E-state index is -0.380. The smallest absolute Gasteiger partial charge is 0.335 e. The van der Waals surface area contributed by atoms with E-state index in [0.717, 1.165) is 22.3 Å². The van der Waals surface area contributed by atoms with Gasteiger partial charge in [0.05, 0.1) is 12.2 Å². The van der Waals surface area contributed by atoms with Crippen molar-refractivity contribution in [3.8, 4) is 17.1 Å². The highest BCUT2D eigenvalue weighted by Crippen LogP contribution is 2.25. The topological polar surface area (TPSA) is 81.8 Å². The maximum Gasteiger partial charge on any atom is 0.335 e. The number of nitrogens with zero attached hydrogens (tertiary/aromatic N) is 4. The molecule has 0 fully saturated rings. The van der Waals surface area contributed by atoms with Crippen LogP contribution in [0, 0.1) is 13.8 Å². The number of fused-ring (bicyclic) bond motifs is 1. The summed E-state index contributed by atoms with van der Waals surface area (Å²) in [6.07, 6.45) is 0. The minimum Gasteiger partial charge on any atom is -0.354 e. The van der Waals surface area contributed by atoms with E-state index in [4.69, 9.17) is 4.98 Å². The van der Waals surface area contributed by atoms with Gasteiger partial charge in [0.2, 0.25) is 0 Å². The van der Waals surface area contributed by atoms with Gasteiger partial charge in [0.15, 0.2) is 17.2 Å². The lowest BCUT2D eigenvalue weighted by molar-refractivity contribution is 0.0959. The number of para-hydroxylation sites is 1. The van der Waals surface area contributed by atoms with Crippen molar-refractivity contribution in [1.82, 2.24) is 24.4 Å². The van der Waals surface area contributed by atoms with E-state index in [0.29, 0.717) is 22.7 Å². The van der Waals surface area contributed by atoms with E-state index in [1.54, 1.807) is 16.2 Å². The fraction of sp³-hybridized carbons (Fsp3) is 0.143. The first kappa shape index (κ1) is 22.3. The van der Waals surface area contributed by atoms with Crippen LogP contribution in [0.15, 0.2) is 83.7 Å².